The molecule has 0 saturated carbocycles. The lowest BCUT2D eigenvalue weighted by Crippen LogP contribution is -1.92. The van der Waals surface area contributed by atoms with E-state index in [1.165, 1.54) is 11.1 Å². The summed E-state index contributed by atoms with van der Waals surface area (Å²) in [7, 11) is 0. The summed E-state index contributed by atoms with van der Waals surface area (Å²) in [5, 5.41) is 0. The van der Waals surface area contributed by atoms with Crippen molar-refractivity contribution in [3.8, 4) is 0 Å². The highest BCUT2D eigenvalue weighted by atomic mass is 14.1. The fraction of sp³-hybridized carbons (Fsp3) is 0.167. The van der Waals surface area contributed by atoms with E-state index < -0.39 is 0 Å². The average molecular weight is 158 g/mol. The molecule has 0 aromatic heterocycles. The molecule has 12 heavy (non-hydrogen) atoms. The van der Waals surface area contributed by atoms with E-state index in [4.69, 9.17) is 0 Å². The maximum absolute atomic E-state index is 3.78. The van der Waals surface area contributed by atoms with Gasteiger partial charge in [-0.3, -0.25) is 0 Å². The van der Waals surface area contributed by atoms with Crippen molar-refractivity contribution < 1.29 is 0 Å². The first-order valence-electron chi connectivity index (χ1n) is 4.10. The van der Waals surface area contributed by atoms with E-state index in [0.717, 1.165) is 0 Å². The van der Waals surface area contributed by atoms with Crippen molar-refractivity contribution in [3.63, 3.8) is 0 Å². The Morgan fingerprint density at radius 2 is 1.75 bits per heavy atom. The number of allylic oxidation sites excluding steroid dienone is 2. The van der Waals surface area contributed by atoms with Gasteiger partial charge in [-0.15, -0.1) is 13.2 Å². The van der Waals surface area contributed by atoms with Crippen LogP contribution in [0, 0.1) is 6.92 Å². The maximum Gasteiger partial charge on any atom is 0.0196 e. The standard InChI is InChI=1S/C12H14/c1-4-11(5-2)12-9-7-6-8-10(12)3/h4-9,11H,1-2H2,3H3. The van der Waals surface area contributed by atoms with E-state index in [2.05, 4.69) is 32.2 Å². The molecule has 0 radical (unpaired) electrons. The van der Waals surface area contributed by atoms with Gasteiger partial charge in [-0.05, 0) is 18.1 Å². The maximum atomic E-state index is 3.78. The predicted molar refractivity (Wildman–Crippen MR) is 54.3 cm³/mol. The summed E-state index contributed by atoms with van der Waals surface area (Å²) in [5.74, 6) is 0.284. The van der Waals surface area contributed by atoms with Gasteiger partial charge < -0.3 is 0 Å². The molecule has 1 rings (SSSR count). The van der Waals surface area contributed by atoms with Gasteiger partial charge in [0, 0.05) is 5.92 Å². The summed E-state index contributed by atoms with van der Waals surface area (Å²) in [6.45, 7) is 9.66. The molecule has 0 atom stereocenters. The van der Waals surface area contributed by atoms with Crippen LogP contribution in [0.25, 0.3) is 0 Å². The molecule has 0 aliphatic heterocycles. The van der Waals surface area contributed by atoms with Gasteiger partial charge in [-0.2, -0.15) is 0 Å². The molecule has 0 aliphatic carbocycles. The number of hydrogen-bond acceptors (Lipinski definition) is 0. The van der Waals surface area contributed by atoms with Gasteiger partial charge in [0.25, 0.3) is 0 Å². The van der Waals surface area contributed by atoms with E-state index in [-0.39, 0.29) is 5.92 Å². The molecule has 0 amide bonds. The van der Waals surface area contributed by atoms with Crippen molar-refractivity contribution in [2.24, 2.45) is 0 Å². The topological polar surface area (TPSA) is 0 Å². The third-order valence-corrected chi connectivity index (χ3v) is 2.06. The lowest BCUT2D eigenvalue weighted by atomic mass is 9.95. The second-order valence-corrected chi connectivity index (χ2v) is 2.85. The van der Waals surface area contributed by atoms with Crippen LogP contribution in [0.5, 0.6) is 0 Å². The Hall–Kier alpha value is -1.30. The average Bonchev–Trinajstić information content (AvgIpc) is 2.10. The lowest BCUT2D eigenvalue weighted by molar-refractivity contribution is 1.07. The van der Waals surface area contributed by atoms with Crippen molar-refractivity contribution in [2.45, 2.75) is 12.8 Å². The van der Waals surface area contributed by atoms with Crippen LogP contribution in [0.15, 0.2) is 49.6 Å². The van der Waals surface area contributed by atoms with Gasteiger partial charge in [-0.1, -0.05) is 36.4 Å². The van der Waals surface area contributed by atoms with Crippen LogP contribution in [0.2, 0.25) is 0 Å². The van der Waals surface area contributed by atoms with Crippen LogP contribution >= 0.6 is 0 Å². The highest BCUT2D eigenvalue weighted by Crippen LogP contribution is 2.20. The van der Waals surface area contributed by atoms with Gasteiger partial charge in [0.05, 0.1) is 0 Å². The first-order valence-corrected chi connectivity index (χ1v) is 4.10. The van der Waals surface area contributed by atoms with Crippen molar-refractivity contribution >= 4 is 0 Å². The van der Waals surface area contributed by atoms with Crippen molar-refractivity contribution in [3.05, 3.63) is 60.7 Å². The van der Waals surface area contributed by atoms with Crippen LogP contribution in [0.1, 0.15) is 17.0 Å². The second-order valence-electron chi connectivity index (χ2n) is 2.85. The quantitative estimate of drug-likeness (QED) is 0.591. The molecule has 0 fully saturated rings. The van der Waals surface area contributed by atoms with Gasteiger partial charge in [-0.25, -0.2) is 0 Å². The fourth-order valence-electron chi connectivity index (χ4n) is 1.31. The van der Waals surface area contributed by atoms with Gasteiger partial charge in [0.2, 0.25) is 0 Å². The van der Waals surface area contributed by atoms with E-state index in [1.807, 2.05) is 24.3 Å². The Bertz CT molecular complexity index is 276. The molecule has 0 heteroatoms. The minimum Gasteiger partial charge on any atom is -0.102 e. The molecular weight excluding hydrogens is 144 g/mol. The first kappa shape index (κ1) is 8.79. The molecule has 0 unspecified atom stereocenters. The van der Waals surface area contributed by atoms with Crippen LogP contribution in [-0.2, 0) is 0 Å². The third-order valence-electron chi connectivity index (χ3n) is 2.06. The van der Waals surface area contributed by atoms with E-state index >= 15 is 0 Å². The number of aryl methyl sites for hydroxylation is 1. The van der Waals surface area contributed by atoms with Crippen LogP contribution in [0.4, 0.5) is 0 Å². The summed E-state index contributed by atoms with van der Waals surface area (Å²) in [4.78, 5) is 0. The molecule has 1 aromatic carbocycles. The Balaban J connectivity index is 3.08. The van der Waals surface area contributed by atoms with Crippen LogP contribution in [0.3, 0.4) is 0 Å². The summed E-state index contributed by atoms with van der Waals surface area (Å²) in [5.41, 5.74) is 2.59. The molecular formula is C12H14. The van der Waals surface area contributed by atoms with Crippen molar-refractivity contribution in [2.75, 3.05) is 0 Å². The third kappa shape index (κ3) is 1.65. The van der Waals surface area contributed by atoms with Crippen LogP contribution < -0.4 is 0 Å². The Morgan fingerprint density at radius 1 is 1.17 bits per heavy atom. The Labute approximate surface area is 74.2 Å². The summed E-state index contributed by atoms with van der Waals surface area (Å²) >= 11 is 0. The zero-order valence-electron chi connectivity index (χ0n) is 7.46. The molecule has 0 bridgehead atoms. The molecule has 1 aromatic rings. The molecule has 0 heterocycles. The minimum atomic E-state index is 0.284. The summed E-state index contributed by atoms with van der Waals surface area (Å²) in [6.07, 6.45) is 3.82. The number of hydrogen-bond donors (Lipinski definition) is 0. The molecule has 0 saturated heterocycles. The highest BCUT2D eigenvalue weighted by molar-refractivity contribution is 5.34. The Morgan fingerprint density at radius 3 is 2.25 bits per heavy atom. The first-order chi connectivity index (χ1) is 5.79. The normalized spacial score (nSPS) is 9.83. The number of rotatable bonds is 3. The van der Waals surface area contributed by atoms with Gasteiger partial charge in [0.15, 0.2) is 0 Å². The zero-order chi connectivity index (χ0) is 8.97. The van der Waals surface area contributed by atoms with E-state index in [1.54, 1.807) is 0 Å². The minimum absolute atomic E-state index is 0.284. The predicted octanol–water partition coefficient (Wildman–Crippen LogP) is 3.45. The second kappa shape index (κ2) is 3.91. The molecule has 0 spiro atoms. The van der Waals surface area contributed by atoms with Crippen molar-refractivity contribution in [1.29, 1.82) is 0 Å². The SMILES string of the molecule is C=CC(C=C)c1ccccc1C. The highest BCUT2D eigenvalue weighted by Gasteiger charge is 2.03. The summed E-state index contributed by atoms with van der Waals surface area (Å²) < 4.78 is 0. The molecule has 0 nitrogen and oxygen atoms in total. The number of benzene rings is 1. The Kier molecular flexibility index (Phi) is 2.87. The van der Waals surface area contributed by atoms with E-state index in [0.29, 0.717) is 0 Å². The largest absolute Gasteiger partial charge is 0.102 e. The monoisotopic (exact) mass is 158 g/mol. The van der Waals surface area contributed by atoms with E-state index in [9.17, 15) is 0 Å². The smallest absolute Gasteiger partial charge is 0.0196 e. The van der Waals surface area contributed by atoms with Crippen molar-refractivity contribution in [1.82, 2.24) is 0 Å². The van der Waals surface area contributed by atoms with Crippen LogP contribution in [-0.4, -0.2) is 0 Å². The zero-order valence-corrected chi connectivity index (χ0v) is 7.46. The lowest BCUT2D eigenvalue weighted by Gasteiger charge is -2.09. The molecule has 0 aliphatic rings. The molecule has 0 N–H and O–H groups in total. The molecule has 62 valence electrons. The van der Waals surface area contributed by atoms with Gasteiger partial charge >= 0.3 is 0 Å². The summed E-state index contributed by atoms with van der Waals surface area (Å²) in [6, 6.07) is 8.31. The fourth-order valence-corrected chi connectivity index (χ4v) is 1.31. The van der Waals surface area contributed by atoms with Gasteiger partial charge in [0.1, 0.15) is 0 Å².